The van der Waals surface area contributed by atoms with Gasteiger partial charge in [0.1, 0.15) is 0 Å². The molecule has 2 rings (SSSR count). The molecule has 1 unspecified atom stereocenters. The highest BCUT2D eigenvalue weighted by Gasteiger charge is 2.10. The average molecular weight is 277 g/mol. The van der Waals surface area contributed by atoms with Gasteiger partial charge in [0.05, 0.1) is 0 Å². The largest absolute Gasteiger partial charge is 0.396 e. The molecular weight excluding hydrogens is 256 g/mol. The van der Waals surface area contributed by atoms with Crippen molar-refractivity contribution in [3.8, 4) is 0 Å². The Kier molecular flexibility index (Phi) is 5.24. The minimum absolute atomic E-state index is 0.304. The van der Waals surface area contributed by atoms with Crippen LogP contribution in [0, 0.1) is 0 Å². The molecule has 0 amide bonds. The lowest BCUT2D eigenvalue weighted by atomic mass is 9.91. The zero-order chi connectivity index (χ0) is 13.7. The lowest BCUT2D eigenvalue weighted by molar-refractivity contribution is 0.282. The van der Waals surface area contributed by atoms with E-state index >= 15 is 0 Å². The quantitative estimate of drug-likeness (QED) is 0.724. The Bertz CT molecular complexity index is 536. The van der Waals surface area contributed by atoms with Gasteiger partial charge in [0.15, 0.2) is 0 Å². The summed E-state index contributed by atoms with van der Waals surface area (Å²) in [5, 5.41) is 12.0. The number of unbranched alkanes of at least 4 members (excludes halogenated alkanes) is 2. The van der Waals surface area contributed by atoms with Gasteiger partial charge in [0, 0.05) is 17.0 Å². The third kappa shape index (κ3) is 3.49. The van der Waals surface area contributed by atoms with E-state index in [1.807, 2.05) is 12.1 Å². The maximum Gasteiger partial charge on any atom is 0.0484 e. The van der Waals surface area contributed by atoms with E-state index in [-0.39, 0.29) is 0 Å². The summed E-state index contributed by atoms with van der Waals surface area (Å²) < 4.78 is 0. The molecule has 102 valence electrons. The summed E-state index contributed by atoms with van der Waals surface area (Å²) in [5.74, 6) is 0.529. The molecule has 2 aromatic rings. The molecule has 0 radical (unpaired) electrons. The molecule has 19 heavy (non-hydrogen) atoms. The number of rotatable bonds is 6. The summed E-state index contributed by atoms with van der Waals surface area (Å²) in [7, 11) is 0. The summed E-state index contributed by atoms with van der Waals surface area (Å²) >= 11 is 6.25. The molecule has 2 heteroatoms. The van der Waals surface area contributed by atoms with Gasteiger partial charge in [-0.1, -0.05) is 61.7 Å². The van der Waals surface area contributed by atoms with Crippen LogP contribution in [-0.2, 0) is 0 Å². The predicted molar refractivity (Wildman–Crippen MR) is 82.9 cm³/mol. The Morgan fingerprint density at radius 1 is 1.00 bits per heavy atom. The van der Waals surface area contributed by atoms with Crippen molar-refractivity contribution in [2.24, 2.45) is 0 Å². The Balaban J connectivity index is 2.17. The summed E-state index contributed by atoms with van der Waals surface area (Å²) in [4.78, 5) is 0. The van der Waals surface area contributed by atoms with E-state index in [4.69, 9.17) is 16.7 Å². The molecule has 0 aliphatic rings. The normalized spacial score (nSPS) is 12.8. The Morgan fingerprint density at radius 2 is 1.74 bits per heavy atom. The van der Waals surface area contributed by atoms with Gasteiger partial charge in [-0.3, -0.25) is 0 Å². The van der Waals surface area contributed by atoms with Gasteiger partial charge in [-0.15, -0.1) is 0 Å². The first-order chi connectivity index (χ1) is 9.24. The minimum Gasteiger partial charge on any atom is -0.396 e. The second-order valence-electron chi connectivity index (χ2n) is 5.16. The molecule has 2 aromatic carbocycles. The van der Waals surface area contributed by atoms with Gasteiger partial charge in [-0.2, -0.15) is 0 Å². The lowest BCUT2D eigenvalue weighted by Crippen LogP contribution is -1.96. The van der Waals surface area contributed by atoms with E-state index in [2.05, 4.69) is 31.2 Å². The number of hydrogen-bond donors (Lipinski definition) is 1. The smallest absolute Gasteiger partial charge is 0.0484 e. The third-order valence-electron chi connectivity index (χ3n) is 3.73. The monoisotopic (exact) mass is 276 g/mol. The van der Waals surface area contributed by atoms with Crippen LogP contribution in [0.1, 0.15) is 44.1 Å². The molecule has 1 N–H and O–H groups in total. The lowest BCUT2D eigenvalue weighted by Gasteiger charge is -2.15. The second kappa shape index (κ2) is 6.93. The molecule has 0 saturated heterocycles. The molecule has 0 saturated carbocycles. The standard InChI is InChI=1S/C17H21ClO/c1-13(7-3-2-4-12-19)14-8-5-10-16-15(14)9-6-11-17(16)18/h5-6,8-11,13,19H,2-4,7,12H2,1H3. The highest BCUT2D eigenvalue weighted by molar-refractivity contribution is 6.35. The summed E-state index contributed by atoms with van der Waals surface area (Å²) in [6, 6.07) is 12.5. The van der Waals surface area contributed by atoms with Crippen LogP contribution in [0.5, 0.6) is 0 Å². The first-order valence-corrected chi connectivity index (χ1v) is 7.40. The predicted octanol–water partition coefficient (Wildman–Crippen LogP) is 5.15. The number of aliphatic hydroxyl groups is 1. The van der Waals surface area contributed by atoms with Crippen molar-refractivity contribution in [2.75, 3.05) is 6.61 Å². The molecule has 0 heterocycles. The van der Waals surface area contributed by atoms with Gasteiger partial charge in [-0.05, 0) is 35.8 Å². The van der Waals surface area contributed by atoms with Crippen LogP contribution >= 0.6 is 11.6 Å². The van der Waals surface area contributed by atoms with Crippen LogP contribution in [0.15, 0.2) is 36.4 Å². The number of fused-ring (bicyclic) bond motifs is 1. The van der Waals surface area contributed by atoms with Gasteiger partial charge in [0.2, 0.25) is 0 Å². The zero-order valence-electron chi connectivity index (χ0n) is 11.4. The van der Waals surface area contributed by atoms with Crippen LogP contribution in [0.4, 0.5) is 0 Å². The topological polar surface area (TPSA) is 20.2 Å². The Labute approximate surface area is 120 Å². The molecule has 1 atom stereocenters. The van der Waals surface area contributed by atoms with Gasteiger partial charge in [0.25, 0.3) is 0 Å². The Morgan fingerprint density at radius 3 is 2.53 bits per heavy atom. The van der Waals surface area contributed by atoms with Gasteiger partial charge >= 0.3 is 0 Å². The van der Waals surface area contributed by atoms with E-state index in [1.54, 1.807) is 0 Å². The first kappa shape index (κ1) is 14.4. The summed E-state index contributed by atoms with van der Waals surface area (Å²) in [6.07, 6.45) is 4.34. The van der Waals surface area contributed by atoms with Crippen LogP contribution in [-0.4, -0.2) is 11.7 Å². The average Bonchev–Trinajstić information content (AvgIpc) is 2.43. The van der Waals surface area contributed by atoms with Crippen molar-refractivity contribution in [1.82, 2.24) is 0 Å². The molecule has 0 bridgehead atoms. The van der Waals surface area contributed by atoms with Gasteiger partial charge < -0.3 is 5.11 Å². The van der Waals surface area contributed by atoms with Crippen molar-refractivity contribution >= 4 is 22.4 Å². The van der Waals surface area contributed by atoms with Crippen molar-refractivity contribution in [1.29, 1.82) is 0 Å². The second-order valence-corrected chi connectivity index (χ2v) is 5.56. The van der Waals surface area contributed by atoms with E-state index in [0.717, 1.165) is 29.7 Å². The minimum atomic E-state index is 0.304. The highest BCUT2D eigenvalue weighted by atomic mass is 35.5. The van der Waals surface area contributed by atoms with E-state index in [0.29, 0.717) is 12.5 Å². The van der Waals surface area contributed by atoms with Crippen molar-refractivity contribution in [3.05, 3.63) is 47.0 Å². The SMILES string of the molecule is CC(CCCCCO)c1cccc2c(Cl)cccc12. The maximum absolute atomic E-state index is 8.81. The Hall–Kier alpha value is -1.05. The molecule has 1 nitrogen and oxygen atoms in total. The maximum atomic E-state index is 8.81. The van der Waals surface area contributed by atoms with Crippen molar-refractivity contribution < 1.29 is 5.11 Å². The molecule has 0 spiro atoms. The van der Waals surface area contributed by atoms with Crippen LogP contribution in [0.25, 0.3) is 10.8 Å². The van der Waals surface area contributed by atoms with E-state index < -0.39 is 0 Å². The summed E-state index contributed by atoms with van der Waals surface area (Å²) in [5.41, 5.74) is 1.38. The number of aliphatic hydroxyl groups excluding tert-OH is 1. The summed E-state index contributed by atoms with van der Waals surface area (Å²) in [6.45, 7) is 2.58. The molecule has 0 fully saturated rings. The fraction of sp³-hybridized carbons (Fsp3) is 0.412. The van der Waals surface area contributed by atoms with Crippen LogP contribution in [0.3, 0.4) is 0 Å². The highest BCUT2D eigenvalue weighted by Crippen LogP contribution is 2.32. The number of halogens is 1. The molecular formula is C17H21ClO. The van der Waals surface area contributed by atoms with E-state index in [1.165, 1.54) is 17.4 Å². The zero-order valence-corrected chi connectivity index (χ0v) is 12.2. The van der Waals surface area contributed by atoms with Crippen LogP contribution < -0.4 is 0 Å². The third-order valence-corrected chi connectivity index (χ3v) is 4.06. The molecule has 0 aromatic heterocycles. The number of hydrogen-bond acceptors (Lipinski definition) is 1. The number of benzene rings is 2. The molecule has 0 aliphatic heterocycles. The molecule has 0 aliphatic carbocycles. The fourth-order valence-electron chi connectivity index (χ4n) is 2.62. The van der Waals surface area contributed by atoms with Crippen molar-refractivity contribution in [2.45, 2.75) is 38.5 Å². The van der Waals surface area contributed by atoms with Crippen LogP contribution in [0.2, 0.25) is 5.02 Å². The first-order valence-electron chi connectivity index (χ1n) is 7.02. The fourth-order valence-corrected chi connectivity index (χ4v) is 2.86. The van der Waals surface area contributed by atoms with Crippen molar-refractivity contribution in [3.63, 3.8) is 0 Å². The van der Waals surface area contributed by atoms with Gasteiger partial charge in [-0.25, -0.2) is 0 Å². The van der Waals surface area contributed by atoms with E-state index in [9.17, 15) is 0 Å².